The highest BCUT2D eigenvalue weighted by Gasteiger charge is 2.58. The van der Waals surface area contributed by atoms with E-state index in [0.717, 1.165) is 0 Å². The van der Waals surface area contributed by atoms with Gasteiger partial charge in [-0.05, 0) is 112 Å². The SMILES string of the molecule is O=C(O[C@@H]1[C@H](OC(=O)c2ccccc2Br)[C@@H](OC(=O)c2ccccc2Br)[C@H](O)[C@H](O)[C@H]1OC(=O)c1ccccc1Br)c1ccccc1Br. The van der Waals surface area contributed by atoms with Crippen molar-refractivity contribution in [2.24, 2.45) is 0 Å². The fraction of sp³-hybridized carbons (Fsp3) is 0.176. The molecule has 0 aromatic heterocycles. The fourth-order valence-electron chi connectivity index (χ4n) is 4.95. The molecule has 0 unspecified atom stereocenters. The van der Waals surface area contributed by atoms with Crippen LogP contribution >= 0.6 is 63.7 Å². The van der Waals surface area contributed by atoms with E-state index in [1.807, 2.05) is 0 Å². The van der Waals surface area contributed by atoms with Gasteiger partial charge in [0.1, 0.15) is 12.2 Å². The Balaban J connectivity index is 1.60. The number of benzene rings is 4. The average Bonchev–Trinajstić information content (AvgIpc) is 3.07. The molecule has 5 rings (SSSR count). The lowest BCUT2D eigenvalue weighted by Gasteiger charge is -2.45. The minimum atomic E-state index is -2.00. The Kier molecular flexibility index (Phi) is 11.9. The highest BCUT2D eigenvalue weighted by molar-refractivity contribution is 9.11. The van der Waals surface area contributed by atoms with Gasteiger partial charge in [-0.2, -0.15) is 0 Å². The zero-order chi connectivity index (χ0) is 34.5. The summed E-state index contributed by atoms with van der Waals surface area (Å²) >= 11 is 13.2. The van der Waals surface area contributed by atoms with E-state index in [1.54, 1.807) is 72.8 Å². The molecule has 1 fully saturated rings. The molecule has 0 bridgehead atoms. The van der Waals surface area contributed by atoms with Crippen LogP contribution in [-0.4, -0.2) is 70.7 Å². The molecule has 0 radical (unpaired) electrons. The van der Waals surface area contributed by atoms with E-state index < -0.39 is 60.5 Å². The van der Waals surface area contributed by atoms with Crippen LogP contribution in [0, 0.1) is 0 Å². The summed E-state index contributed by atoms with van der Waals surface area (Å²) in [6, 6.07) is 25.2. The van der Waals surface area contributed by atoms with Crippen molar-refractivity contribution in [2.45, 2.75) is 36.6 Å². The lowest BCUT2D eigenvalue weighted by Crippen LogP contribution is -2.67. The van der Waals surface area contributed by atoms with Gasteiger partial charge in [0.25, 0.3) is 0 Å². The van der Waals surface area contributed by atoms with Gasteiger partial charge in [-0.1, -0.05) is 48.5 Å². The van der Waals surface area contributed by atoms with Crippen molar-refractivity contribution in [2.75, 3.05) is 0 Å². The van der Waals surface area contributed by atoms with Crippen LogP contribution in [0.5, 0.6) is 0 Å². The molecular formula is C34H24Br4O10. The van der Waals surface area contributed by atoms with E-state index >= 15 is 0 Å². The summed E-state index contributed by atoms with van der Waals surface area (Å²) in [7, 11) is 0. The average molecular weight is 912 g/mol. The number of hydrogen-bond donors (Lipinski definition) is 2. The van der Waals surface area contributed by atoms with Crippen molar-refractivity contribution in [3.8, 4) is 0 Å². The van der Waals surface area contributed by atoms with Gasteiger partial charge >= 0.3 is 23.9 Å². The van der Waals surface area contributed by atoms with Crippen LogP contribution in [0.4, 0.5) is 0 Å². The van der Waals surface area contributed by atoms with Gasteiger partial charge < -0.3 is 29.2 Å². The van der Waals surface area contributed by atoms with Gasteiger partial charge in [0, 0.05) is 17.9 Å². The molecule has 0 saturated heterocycles. The van der Waals surface area contributed by atoms with E-state index in [0.29, 0.717) is 17.9 Å². The van der Waals surface area contributed by atoms with Crippen LogP contribution in [-0.2, 0) is 18.9 Å². The number of rotatable bonds is 8. The second-order valence-corrected chi connectivity index (χ2v) is 13.8. The van der Waals surface area contributed by atoms with Crippen molar-refractivity contribution in [3.05, 3.63) is 137 Å². The first-order chi connectivity index (χ1) is 23.0. The normalized spacial score (nSPS) is 21.9. The molecular weight excluding hydrogens is 888 g/mol. The summed E-state index contributed by atoms with van der Waals surface area (Å²) in [6.45, 7) is 0. The molecule has 0 spiro atoms. The van der Waals surface area contributed by atoms with E-state index in [4.69, 9.17) is 18.9 Å². The lowest BCUT2D eigenvalue weighted by molar-refractivity contribution is -0.223. The Bertz CT molecular complexity index is 1720. The standard InChI is InChI=1S/C34H24Br4O10/c35-21-13-5-1-9-17(21)31(41)45-27-25(39)26(40)28(46-32(42)18-10-2-6-14-22(18)36)30(48-34(44)20-12-4-8-16-24(20)38)29(27)47-33(43)19-11-3-7-15-23(19)37/h1-16,25-30,39-40H/t25-,26+,27+,28-,29-,30+. The maximum Gasteiger partial charge on any atom is 0.339 e. The van der Waals surface area contributed by atoms with Crippen LogP contribution in [0.2, 0.25) is 0 Å². The van der Waals surface area contributed by atoms with Crippen molar-refractivity contribution in [1.29, 1.82) is 0 Å². The van der Waals surface area contributed by atoms with Gasteiger partial charge in [0.05, 0.1) is 22.3 Å². The molecule has 2 N–H and O–H groups in total. The Morgan fingerprint density at radius 2 is 0.604 bits per heavy atom. The molecule has 1 aliphatic carbocycles. The third-order valence-electron chi connectivity index (χ3n) is 7.34. The van der Waals surface area contributed by atoms with E-state index in [-0.39, 0.29) is 22.3 Å². The molecule has 0 heterocycles. The molecule has 1 aliphatic rings. The van der Waals surface area contributed by atoms with Crippen LogP contribution in [0.15, 0.2) is 115 Å². The molecule has 10 nitrogen and oxygen atoms in total. The van der Waals surface area contributed by atoms with Gasteiger partial charge in [0.2, 0.25) is 0 Å². The third kappa shape index (κ3) is 7.90. The molecule has 1 saturated carbocycles. The number of esters is 4. The third-order valence-corrected chi connectivity index (χ3v) is 10.1. The maximum atomic E-state index is 13.6. The van der Waals surface area contributed by atoms with Gasteiger partial charge in [-0.3, -0.25) is 0 Å². The molecule has 4 aromatic carbocycles. The summed E-state index contributed by atoms with van der Waals surface area (Å²) in [5.41, 5.74) is 0.205. The number of carbonyl (C=O) groups excluding carboxylic acids is 4. The fourth-order valence-corrected chi connectivity index (χ4v) is 6.73. The summed E-state index contributed by atoms with van der Waals surface area (Å²) in [5.74, 6) is -3.84. The molecule has 0 aliphatic heterocycles. The lowest BCUT2D eigenvalue weighted by atomic mass is 9.84. The van der Waals surface area contributed by atoms with E-state index in [9.17, 15) is 29.4 Å². The number of aliphatic hydroxyl groups is 2. The second kappa shape index (κ2) is 15.9. The van der Waals surface area contributed by atoms with Crippen LogP contribution in [0.25, 0.3) is 0 Å². The highest BCUT2D eigenvalue weighted by atomic mass is 79.9. The molecule has 0 amide bonds. The largest absolute Gasteiger partial charge is 0.452 e. The van der Waals surface area contributed by atoms with Gasteiger partial charge in [-0.15, -0.1) is 0 Å². The molecule has 4 aromatic rings. The Morgan fingerprint density at radius 3 is 0.833 bits per heavy atom. The van der Waals surface area contributed by atoms with Crippen molar-refractivity contribution in [1.82, 2.24) is 0 Å². The van der Waals surface area contributed by atoms with Gasteiger partial charge in [0.15, 0.2) is 24.4 Å². The van der Waals surface area contributed by atoms with E-state index in [1.165, 1.54) is 24.3 Å². The number of halogens is 4. The second-order valence-electron chi connectivity index (χ2n) is 10.4. The van der Waals surface area contributed by atoms with Gasteiger partial charge in [-0.25, -0.2) is 19.2 Å². The minimum Gasteiger partial charge on any atom is -0.452 e. The summed E-state index contributed by atoms with van der Waals surface area (Å²) in [5, 5.41) is 22.9. The summed E-state index contributed by atoms with van der Waals surface area (Å²) in [6.07, 6.45) is -11.2. The quantitative estimate of drug-likeness (QED) is 0.145. The van der Waals surface area contributed by atoms with Crippen molar-refractivity contribution < 1.29 is 48.3 Å². The van der Waals surface area contributed by atoms with Crippen LogP contribution < -0.4 is 0 Å². The Hall–Kier alpha value is -3.40. The number of ether oxygens (including phenoxy) is 4. The zero-order valence-corrected chi connectivity index (χ0v) is 30.7. The monoisotopic (exact) mass is 908 g/mol. The number of aliphatic hydroxyl groups excluding tert-OH is 2. The predicted molar refractivity (Wildman–Crippen MR) is 185 cm³/mol. The van der Waals surface area contributed by atoms with Crippen LogP contribution in [0.1, 0.15) is 41.4 Å². The highest BCUT2D eigenvalue weighted by Crippen LogP contribution is 2.34. The zero-order valence-electron chi connectivity index (χ0n) is 24.4. The predicted octanol–water partition coefficient (Wildman–Crippen LogP) is 6.67. The molecule has 14 heteroatoms. The minimum absolute atomic E-state index is 0.0478. The Labute approximate surface area is 307 Å². The molecule has 6 atom stereocenters. The first kappa shape index (κ1) is 35.9. The number of carbonyl (C=O) groups is 4. The molecule has 248 valence electrons. The summed E-state index contributed by atoms with van der Waals surface area (Å²) in [4.78, 5) is 54.1. The molecule has 48 heavy (non-hydrogen) atoms. The number of hydrogen-bond acceptors (Lipinski definition) is 10. The Morgan fingerprint density at radius 1 is 0.396 bits per heavy atom. The maximum absolute atomic E-state index is 13.6. The van der Waals surface area contributed by atoms with Crippen molar-refractivity contribution in [3.63, 3.8) is 0 Å². The smallest absolute Gasteiger partial charge is 0.339 e. The first-order valence-corrected chi connectivity index (χ1v) is 17.3. The summed E-state index contributed by atoms with van der Waals surface area (Å²) < 4.78 is 24.6. The topological polar surface area (TPSA) is 146 Å². The van der Waals surface area contributed by atoms with E-state index in [2.05, 4.69) is 63.7 Å². The first-order valence-electron chi connectivity index (χ1n) is 14.2. The van der Waals surface area contributed by atoms with Crippen molar-refractivity contribution >= 4 is 87.6 Å². The van der Waals surface area contributed by atoms with Crippen LogP contribution in [0.3, 0.4) is 0 Å².